The summed E-state index contributed by atoms with van der Waals surface area (Å²) in [5.74, 6) is -1.17. The molecule has 0 atom stereocenters. The van der Waals surface area contributed by atoms with Crippen molar-refractivity contribution in [3.63, 3.8) is 0 Å². The van der Waals surface area contributed by atoms with Crippen LogP contribution in [0.1, 0.15) is 5.82 Å². The molecule has 29 heavy (non-hydrogen) atoms. The van der Waals surface area contributed by atoms with Crippen LogP contribution in [0.4, 0.5) is 4.39 Å². The molecule has 150 valence electrons. The molecule has 0 aliphatic rings. The van der Waals surface area contributed by atoms with E-state index < -0.39 is 21.7 Å². The van der Waals surface area contributed by atoms with Crippen LogP contribution in [-0.2, 0) is 20.9 Å². The Hall–Kier alpha value is -3.09. The van der Waals surface area contributed by atoms with E-state index in [-0.39, 0.29) is 34.6 Å². The van der Waals surface area contributed by atoms with Gasteiger partial charge in [-0.15, -0.1) is 0 Å². The van der Waals surface area contributed by atoms with Gasteiger partial charge in [-0.2, -0.15) is 8.42 Å². The molecule has 0 unspecified atom stereocenters. The predicted octanol–water partition coefficient (Wildman–Crippen LogP) is 2.03. The maximum absolute atomic E-state index is 13.5. The number of halogens is 2. The molecule has 10 nitrogen and oxygen atoms in total. The van der Waals surface area contributed by atoms with Gasteiger partial charge in [-0.1, -0.05) is 16.8 Å². The van der Waals surface area contributed by atoms with E-state index in [0.29, 0.717) is 11.1 Å². The molecule has 1 N–H and O–H groups in total. The van der Waals surface area contributed by atoms with Gasteiger partial charge in [0.05, 0.1) is 28.0 Å². The number of imidazole rings is 1. The van der Waals surface area contributed by atoms with Crippen LogP contribution in [0.5, 0.6) is 0 Å². The number of nitrogens with one attached hydrogen (secondary N) is 1. The molecule has 0 spiro atoms. The van der Waals surface area contributed by atoms with Crippen molar-refractivity contribution in [2.24, 2.45) is 0 Å². The fourth-order valence-corrected chi connectivity index (χ4v) is 3.15. The summed E-state index contributed by atoms with van der Waals surface area (Å²) in [6.45, 7) is -0.326. The van der Waals surface area contributed by atoms with Crippen LogP contribution in [0.3, 0.4) is 0 Å². The summed E-state index contributed by atoms with van der Waals surface area (Å²) in [4.78, 5) is 23.4. The number of H-pyrrole nitrogens is 1. The molecule has 13 heteroatoms. The van der Waals surface area contributed by atoms with Crippen LogP contribution in [0.15, 0.2) is 39.8 Å². The zero-order valence-corrected chi connectivity index (χ0v) is 16.2. The Morgan fingerprint density at radius 2 is 2.14 bits per heavy atom. The molecule has 0 aliphatic heterocycles. The quantitative estimate of drug-likeness (QED) is 0.467. The van der Waals surface area contributed by atoms with Gasteiger partial charge < -0.3 is 4.98 Å². The lowest BCUT2D eigenvalue weighted by molar-refractivity contribution is 0.303. The molecule has 0 amide bonds. The average molecular weight is 440 g/mol. The van der Waals surface area contributed by atoms with E-state index in [9.17, 15) is 17.6 Å². The van der Waals surface area contributed by atoms with Gasteiger partial charge in [-0.25, -0.2) is 23.7 Å². The first-order valence-corrected chi connectivity index (χ1v) is 10.1. The maximum Gasteiger partial charge on any atom is 0.446 e. The average Bonchev–Trinajstić information content (AvgIpc) is 3.25. The molecule has 1 aromatic carbocycles. The van der Waals surface area contributed by atoms with Crippen molar-refractivity contribution in [2.45, 2.75) is 6.61 Å². The van der Waals surface area contributed by atoms with Crippen LogP contribution in [0.2, 0.25) is 5.02 Å². The van der Waals surface area contributed by atoms with Crippen molar-refractivity contribution in [2.75, 3.05) is 6.26 Å². The number of hydrogen-bond donors (Lipinski definition) is 1. The lowest BCUT2D eigenvalue weighted by Crippen LogP contribution is -2.13. The standard InChI is InChI=1S/C16H11ClFN5O5S/c1-29(25,26)27-7-12-20-13-9(4-5-19-14(13)21-12)15-22-28-16(24)23(15)8-2-3-11(18)10(17)6-8/h2-6H,7H2,1H3,(H,19,20,21). The molecular formula is C16H11ClFN5O5S. The molecule has 4 rings (SSSR count). The number of pyridine rings is 1. The number of aromatic amines is 1. The molecule has 0 saturated heterocycles. The number of hydrogen-bond acceptors (Lipinski definition) is 8. The highest BCUT2D eigenvalue weighted by Crippen LogP contribution is 2.27. The molecule has 3 aromatic heterocycles. The van der Waals surface area contributed by atoms with Gasteiger partial charge in [0.15, 0.2) is 11.5 Å². The highest BCUT2D eigenvalue weighted by Gasteiger charge is 2.20. The van der Waals surface area contributed by atoms with E-state index in [4.69, 9.17) is 20.3 Å². The third-order valence-electron chi connectivity index (χ3n) is 3.86. The van der Waals surface area contributed by atoms with Gasteiger partial charge >= 0.3 is 5.76 Å². The molecule has 0 bridgehead atoms. The molecular weight excluding hydrogens is 429 g/mol. The molecule has 0 saturated carbocycles. The van der Waals surface area contributed by atoms with Gasteiger partial charge in [-0.3, -0.25) is 8.71 Å². The van der Waals surface area contributed by atoms with E-state index in [2.05, 4.69) is 20.1 Å². The minimum atomic E-state index is -3.67. The largest absolute Gasteiger partial charge is 0.446 e. The topological polar surface area (TPSA) is 133 Å². The summed E-state index contributed by atoms with van der Waals surface area (Å²) in [5.41, 5.74) is 1.24. The normalized spacial score (nSPS) is 12.0. The first-order chi connectivity index (χ1) is 13.7. The van der Waals surface area contributed by atoms with E-state index in [1.165, 1.54) is 18.3 Å². The van der Waals surface area contributed by atoms with Gasteiger partial charge in [0.1, 0.15) is 18.2 Å². The van der Waals surface area contributed by atoms with E-state index >= 15 is 0 Å². The maximum atomic E-state index is 13.5. The van der Waals surface area contributed by atoms with Gasteiger partial charge in [0.2, 0.25) is 0 Å². The smallest absolute Gasteiger partial charge is 0.338 e. The Morgan fingerprint density at radius 1 is 1.34 bits per heavy atom. The van der Waals surface area contributed by atoms with Crippen LogP contribution in [0, 0.1) is 5.82 Å². The van der Waals surface area contributed by atoms with Crippen molar-refractivity contribution in [3.05, 3.63) is 57.7 Å². The first kappa shape index (κ1) is 19.2. The number of aromatic nitrogens is 5. The second kappa shape index (κ2) is 7.06. The minimum Gasteiger partial charge on any atom is -0.338 e. The summed E-state index contributed by atoms with van der Waals surface area (Å²) in [5, 5.41) is 3.62. The van der Waals surface area contributed by atoms with E-state index in [1.807, 2.05) is 0 Å². The monoisotopic (exact) mass is 439 g/mol. The molecule has 0 aliphatic carbocycles. The third kappa shape index (κ3) is 3.77. The number of benzene rings is 1. The van der Waals surface area contributed by atoms with Crippen molar-refractivity contribution in [3.8, 4) is 17.1 Å². The first-order valence-electron chi connectivity index (χ1n) is 7.95. The number of fused-ring (bicyclic) bond motifs is 1. The van der Waals surface area contributed by atoms with Crippen LogP contribution >= 0.6 is 11.6 Å². The zero-order chi connectivity index (χ0) is 20.8. The minimum absolute atomic E-state index is 0.0873. The fourth-order valence-electron chi connectivity index (χ4n) is 2.65. The third-order valence-corrected chi connectivity index (χ3v) is 4.69. The highest BCUT2D eigenvalue weighted by atomic mass is 35.5. The van der Waals surface area contributed by atoms with Gasteiger partial charge in [-0.05, 0) is 24.3 Å². The van der Waals surface area contributed by atoms with Gasteiger partial charge in [0.25, 0.3) is 10.1 Å². The van der Waals surface area contributed by atoms with Crippen LogP contribution in [0.25, 0.3) is 28.2 Å². The van der Waals surface area contributed by atoms with Crippen LogP contribution < -0.4 is 5.76 Å². The highest BCUT2D eigenvalue weighted by molar-refractivity contribution is 7.85. The molecule has 3 heterocycles. The van der Waals surface area contributed by atoms with E-state index in [1.54, 1.807) is 6.07 Å². The van der Waals surface area contributed by atoms with E-state index in [0.717, 1.165) is 16.9 Å². The summed E-state index contributed by atoms with van der Waals surface area (Å²) in [6.07, 6.45) is 2.35. The molecule has 0 radical (unpaired) electrons. The Morgan fingerprint density at radius 3 is 2.86 bits per heavy atom. The van der Waals surface area contributed by atoms with Crippen molar-refractivity contribution >= 4 is 32.9 Å². The SMILES string of the molecule is CS(=O)(=O)OCc1nc2nccc(-c3noc(=O)n3-c3ccc(F)c(Cl)c3)c2[nH]1. The summed E-state index contributed by atoms with van der Waals surface area (Å²) < 4.78 is 46.5. The Labute approximate surface area is 167 Å². The Balaban J connectivity index is 1.84. The fraction of sp³-hybridized carbons (Fsp3) is 0.125. The second-order valence-electron chi connectivity index (χ2n) is 5.91. The predicted molar refractivity (Wildman–Crippen MR) is 99.6 cm³/mol. The summed E-state index contributed by atoms with van der Waals surface area (Å²) >= 11 is 5.82. The summed E-state index contributed by atoms with van der Waals surface area (Å²) in [7, 11) is -3.67. The summed E-state index contributed by atoms with van der Waals surface area (Å²) in [6, 6.07) is 5.27. The van der Waals surface area contributed by atoms with Crippen molar-refractivity contribution in [1.82, 2.24) is 24.7 Å². The molecule has 4 aromatic rings. The van der Waals surface area contributed by atoms with Gasteiger partial charge in [0, 0.05) is 6.20 Å². The number of rotatable bonds is 5. The lowest BCUT2D eigenvalue weighted by atomic mass is 10.2. The number of nitrogens with zero attached hydrogens (tertiary/aromatic N) is 4. The van der Waals surface area contributed by atoms with Crippen LogP contribution in [-0.4, -0.2) is 39.3 Å². The Kier molecular flexibility index (Phi) is 4.68. The molecule has 0 fully saturated rings. The van der Waals surface area contributed by atoms with Crippen molar-refractivity contribution in [1.29, 1.82) is 0 Å². The zero-order valence-electron chi connectivity index (χ0n) is 14.6. The second-order valence-corrected chi connectivity index (χ2v) is 7.96. The Bertz CT molecular complexity index is 1390. The van der Waals surface area contributed by atoms with Crippen molar-refractivity contribution < 1.29 is 21.5 Å². The lowest BCUT2D eigenvalue weighted by Gasteiger charge is -2.06.